The Labute approximate surface area is 117 Å². The molecule has 0 saturated carbocycles. The van der Waals surface area contributed by atoms with Crippen molar-refractivity contribution in [1.82, 2.24) is 9.55 Å². The van der Waals surface area contributed by atoms with E-state index >= 15 is 0 Å². The van der Waals surface area contributed by atoms with E-state index in [0.717, 1.165) is 28.0 Å². The van der Waals surface area contributed by atoms with Crippen LogP contribution in [0.4, 0.5) is 5.69 Å². The second-order valence-corrected chi connectivity index (χ2v) is 4.84. The lowest BCUT2D eigenvalue weighted by molar-refractivity contribution is 0.276. The summed E-state index contributed by atoms with van der Waals surface area (Å²) in [6, 6.07) is 14.0. The lowest BCUT2D eigenvalue weighted by Gasteiger charge is -2.07. The third kappa shape index (κ3) is 2.04. The third-order valence-corrected chi connectivity index (χ3v) is 3.48. The van der Waals surface area contributed by atoms with E-state index in [-0.39, 0.29) is 6.61 Å². The molecule has 0 atom stereocenters. The number of hydrogen-bond donors (Lipinski definition) is 2. The summed E-state index contributed by atoms with van der Waals surface area (Å²) in [5.74, 6) is 0.886. The molecule has 1 aromatic heterocycles. The van der Waals surface area contributed by atoms with Crippen LogP contribution in [0.15, 0.2) is 42.5 Å². The number of aromatic nitrogens is 2. The Kier molecular flexibility index (Phi) is 3.16. The van der Waals surface area contributed by atoms with Crippen LogP contribution in [0.5, 0.6) is 0 Å². The molecule has 0 spiro atoms. The summed E-state index contributed by atoms with van der Waals surface area (Å²) in [5, 5.41) is 9.20. The zero-order valence-corrected chi connectivity index (χ0v) is 11.4. The van der Waals surface area contributed by atoms with Crippen molar-refractivity contribution in [2.75, 3.05) is 12.3 Å². The van der Waals surface area contributed by atoms with E-state index in [1.165, 1.54) is 0 Å². The molecule has 0 aliphatic heterocycles. The Morgan fingerprint density at radius 3 is 2.65 bits per heavy atom. The zero-order chi connectivity index (χ0) is 14.1. The molecule has 102 valence electrons. The molecule has 20 heavy (non-hydrogen) atoms. The van der Waals surface area contributed by atoms with E-state index in [1.54, 1.807) is 0 Å². The normalized spacial score (nSPS) is 11.1. The topological polar surface area (TPSA) is 64.1 Å². The fourth-order valence-electron chi connectivity index (χ4n) is 2.58. The van der Waals surface area contributed by atoms with Gasteiger partial charge in [0.05, 0.1) is 17.6 Å². The molecule has 0 aliphatic rings. The van der Waals surface area contributed by atoms with Gasteiger partial charge in [-0.3, -0.25) is 0 Å². The van der Waals surface area contributed by atoms with Crippen LogP contribution >= 0.6 is 0 Å². The van der Waals surface area contributed by atoms with E-state index in [4.69, 9.17) is 5.73 Å². The maximum Gasteiger partial charge on any atom is 0.106 e. The second-order valence-electron chi connectivity index (χ2n) is 4.84. The lowest BCUT2D eigenvalue weighted by atomic mass is 10.0. The van der Waals surface area contributed by atoms with E-state index in [0.29, 0.717) is 12.2 Å². The van der Waals surface area contributed by atoms with Crippen LogP contribution in [0.3, 0.4) is 0 Å². The van der Waals surface area contributed by atoms with Gasteiger partial charge in [0.25, 0.3) is 0 Å². The van der Waals surface area contributed by atoms with Crippen molar-refractivity contribution in [2.24, 2.45) is 0 Å². The largest absolute Gasteiger partial charge is 0.399 e. The summed E-state index contributed by atoms with van der Waals surface area (Å²) in [6.45, 7) is 2.56. The molecular formula is C16H17N3O. The minimum absolute atomic E-state index is 0.0851. The molecule has 0 bridgehead atoms. The number of aliphatic hydroxyl groups excluding tert-OH is 1. The summed E-state index contributed by atoms with van der Waals surface area (Å²) in [6.07, 6.45) is 0. The number of nitrogens with two attached hydrogens (primary N) is 1. The first kappa shape index (κ1) is 12.7. The van der Waals surface area contributed by atoms with Crippen molar-refractivity contribution >= 4 is 16.7 Å². The van der Waals surface area contributed by atoms with Crippen molar-refractivity contribution < 1.29 is 5.11 Å². The minimum atomic E-state index is 0.0851. The number of aryl methyl sites for hydroxylation is 1. The Balaban J connectivity index is 2.31. The predicted molar refractivity (Wildman–Crippen MR) is 81.4 cm³/mol. The number of nitrogens with zero attached hydrogens (tertiary/aromatic N) is 2. The Bertz CT molecular complexity index is 747. The van der Waals surface area contributed by atoms with E-state index < -0.39 is 0 Å². The van der Waals surface area contributed by atoms with Gasteiger partial charge >= 0.3 is 0 Å². The molecule has 3 rings (SSSR count). The van der Waals surface area contributed by atoms with Crippen LogP contribution in [0.1, 0.15) is 5.82 Å². The minimum Gasteiger partial charge on any atom is -0.399 e. The smallest absolute Gasteiger partial charge is 0.106 e. The van der Waals surface area contributed by atoms with Crippen molar-refractivity contribution in [2.45, 2.75) is 13.5 Å². The predicted octanol–water partition coefficient (Wildman–Crippen LogP) is 2.59. The summed E-state index contributed by atoms with van der Waals surface area (Å²) in [5.41, 5.74) is 10.8. The molecule has 0 saturated heterocycles. The molecule has 0 fully saturated rings. The van der Waals surface area contributed by atoms with E-state index in [9.17, 15) is 5.11 Å². The second kappa shape index (κ2) is 4.98. The number of hydrogen-bond acceptors (Lipinski definition) is 3. The Morgan fingerprint density at radius 2 is 1.95 bits per heavy atom. The highest BCUT2D eigenvalue weighted by Crippen LogP contribution is 2.31. The van der Waals surface area contributed by atoms with Gasteiger partial charge in [-0.2, -0.15) is 0 Å². The molecule has 4 nitrogen and oxygen atoms in total. The summed E-state index contributed by atoms with van der Waals surface area (Å²) < 4.78 is 2.00. The molecule has 3 aromatic rings. The molecule has 2 aromatic carbocycles. The van der Waals surface area contributed by atoms with Gasteiger partial charge in [-0.15, -0.1) is 0 Å². The third-order valence-electron chi connectivity index (χ3n) is 3.48. The van der Waals surface area contributed by atoms with Gasteiger partial charge in [0.15, 0.2) is 0 Å². The Morgan fingerprint density at radius 1 is 1.20 bits per heavy atom. The quantitative estimate of drug-likeness (QED) is 0.717. The SMILES string of the molecule is Cc1nc2c(-c3ccccc3)cc(N)cc2n1CCO. The molecule has 0 radical (unpaired) electrons. The standard InChI is InChI=1S/C16H17N3O/c1-11-18-16-14(12-5-3-2-4-6-12)9-13(17)10-15(16)19(11)7-8-20/h2-6,9-10,20H,7-8,17H2,1H3. The number of anilines is 1. The summed E-state index contributed by atoms with van der Waals surface area (Å²) in [7, 11) is 0. The van der Waals surface area contributed by atoms with Crippen LogP contribution in [-0.2, 0) is 6.54 Å². The van der Waals surface area contributed by atoms with Crippen molar-refractivity contribution in [3.63, 3.8) is 0 Å². The van der Waals surface area contributed by atoms with Crippen LogP contribution in [0, 0.1) is 6.92 Å². The fourth-order valence-corrected chi connectivity index (χ4v) is 2.58. The van der Waals surface area contributed by atoms with Crippen LogP contribution in [-0.4, -0.2) is 21.3 Å². The van der Waals surface area contributed by atoms with Gasteiger partial charge in [0.1, 0.15) is 5.82 Å². The number of imidazole rings is 1. The first-order valence-electron chi connectivity index (χ1n) is 6.63. The van der Waals surface area contributed by atoms with Gasteiger partial charge in [0, 0.05) is 17.8 Å². The summed E-state index contributed by atoms with van der Waals surface area (Å²) >= 11 is 0. The average Bonchev–Trinajstić information content (AvgIpc) is 2.76. The van der Waals surface area contributed by atoms with Gasteiger partial charge in [-0.05, 0) is 24.6 Å². The van der Waals surface area contributed by atoms with E-state index in [1.807, 2.05) is 41.8 Å². The first-order valence-corrected chi connectivity index (χ1v) is 6.63. The lowest BCUT2D eigenvalue weighted by Crippen LogP contribution is -2.04. The highest BCUT2D eigenvalue weighted by molar-refractivity contribution is 5.95. The Hall–Kier alpha value is -2.33. The van der Waals surface area contributed by atoms with Gasteiger partial charge < -0.3 is 15.4 Å². The van der Waals surface area contributed by atoms with Crippen molar-refractivity contribution in [1.29, 1.82) is 0 Å². The number of fused-ring (bicyclic) bond motifs is 1. The van der Waals surface area contributed by atoms with Crippen molar-refractivity contribution in [3.8, 4) is 11.1 Å². The molecule has 0 unspecified atom stereocenters. The van der Waals surface area contributed by atoms with Crippen LogP contribution in [0.25, 0.3) is 22.2 Å². The zero-order valence-electron chi connectivity index (χ0n) is 11.4. The van der Waals surface area contributed by atoms with E-state index in [2.05, 4.69) is 17.1 Å². The molecule has 0 amide bonds. The fraction of sp³-hybridized carbons (Fsp3) is 0.188. The molecule has 3 N–H and O–H groups in total. The van der Waals surface area contributed by atoms with Gasteiger partial charge in [-0.25, -0.2) is 4.98 Å². The molecule has 1 heterocycles. The number of rotatable bonds is 3. The molecule has 4 heteroatoms. The number of aliphatic hydroxyl groups is 1. The van der Waals surface area contributed by atoms with Crippen LogP contribution < -0.4 is 5.73 Å². The van der Waals surface area contributed by atoms with Crippen LogP contribution in [0.2, 0.25) is 0 Å². The number of nitrogen functional groups attached to an aromatic ring is 1. The molecular weight excluding hydrogens is 250 g/mol. The molecule has 0 aliphatic carbocycles. The van der Waals surface area contributed by atoms with Gasteiger partial charge in [0.2, 0.25) is 0 Å². The monoisotopic (exact) mass is 267 g/mol. The maximum absolute atomic E-state index is 9.20. The highest BCUT2D eigenvalue weighted by Gasteiger charge is 2.13. The maximum atomic E-state index is 9.20. The highest BCUT2D eigenvalue weighted by atomic mass is 16.3. The average molecular weight is 267 g/mol. The van der Waals surface area contributed by atoms with Crippen molar-refractivity contribution in [3.05, 3.63) is 48.3 Å². The summed E-state index contributed by atoms with van der Waals surface area (Å²) in [4.78, 5) is 4.65. The van der Waals surface area contributed by atoms with Gasteiger partial charge in [-0.1, -0.05) is 30.3 Å². The number of benzene rings is 2. The first-order chi connectivity index (χ1) is 9.70.